The van der Waals surface area contributed by atoms with E-state index in [1.165, 1.54) is 24.3 Å². The van der Waals surface area contributed by atoms with Crippen molar-refractivity contribution in [1.82, 2.24) is 5.43 Å². The van der Waals surface area contributed by atoms with E-state index in [1.54, 1.807) is 19.1 Å². The summed E-state index contributed by atoms with van der Waals surface area (Å²) in [5, 5.41) is 14.7. The normalized spacial score (nSPS) is 11.8. The highest BCUT2D eigenvalue weighted by atomic mass is 32.2. The molecule has 0 radical (unpaired) electrons. The van der Waals surface area contributed by atoms with Gasteiger partial charge in [-0.15, -0.1) is 0 Å². The van der Waals surface area contributed by atoms with Crippen molar-refractivity contribution in [3.63, 3.8) is 0 Å². The van der Waals surface area contributed by atoms with E-state index in [4.69, 9.17) is 0 Å². The summed E-state index contributed by atoms with van der Waals surface area (Å²) in [5.74, 6) is -0.615. The molecular formula is C19H22N4O5S. The van der Waals surface area contributed by atoms with Crippen molar-refractivity contribution in [2.24, 2.45) is 5.10 Å². The van der Waals surface area contributed by atoms with Gasteiger partial charge in [0, 0.05) is 12.1 Å². The number of nitrogens with zero attached hydrogens (tertiary/aromatic N) is 3. The number of aryl methyl sites for hydroxylation is 2. The van der Waals surface area contributed by atoms with Crippen LogP contribution < -0.4 is 9.73 Å². The molecule has 0 spiro atoms. The summed E-state index contributed by atoms with van der Waals surface area (Å²) in [6, 6.07) is 11.0. The lowest BCUT2D eigenvalue weighted by atomic mass is 10.1. The van der Waals surface area contributed by atoms with Crippen molar-refractivity contribution in [1.29, 1.82) is 0 Å². The number of rotatable bonds is 7. The van der Waals surface area contributed by atoms with E-state index < -0.39 is 27.4 Å². The van der Waals surface area contributed by atoms with Crippen molar-refractivity contribution >= 4 is 33.0 Å². The van der Waals surface area contributed by atoms with Crippen LogP contribution in [0.3, 0.4) is 0 Å². The standard InChI is InChI=1S/C19H22N4O5S/c1-13-9-14(2)11-18(10-13)22(29(4,27)28)12-19(24)21-20-15(3)16-5-7-17(8-6-16)23(25)26/h5-11H,12H2,1-4H3,(H,21,24)/b20-15-. The number of nitro benzene ring substituents is 1. The van der Waals surface area contributed by atoms with Gasteiger partial charge in [-0.1, -0.05) is 6.07 Å². The van der Waals surface area contributed by atoms with Crippen LogP contribution in [0.2, 0.25) is 0 Å². The predicted molar refractivity (Wildman–Crippen MR) is 112 cm³/mol. The number of carbonyl (C=O) groups excluding carboxylic acids is 1. The average Bonchev–Trinajstić information content (AvgIpc) is 2.62. The summed E-state index contributed by atoms with van der Waals surface area (Å²) < 4.78 is 25.4. The lowest BCUT2D eigenvalue weighted by molar-refractivity contribution is -0.384. The van der Waals surface area contributed by atoms with Crippen LogP contribution in [-0.2, 0) is 14.8 Å². The Kier molecular flexibility index (Phi) is 6.70. The van der Waals surface area contributed by atoms with Crippen LogP contribution in [0.4, 0.5) is 11.4 Å². The number of benzene rings is 2. The Morgan fingerprint density at radius 3 is 2.17 bits per heavy atom. The van der Waals surface area contributed by atoms with Crippen LogP contribution in [0.1, 0.15) is 23.6 Å². The first-order valence-electron chi connectivity index (χ1n) is 8.61. The van der Waals surface area contributed by atoms with Gasteiger partial charge >= 0.3 is 0 Å². The molecule has 0 aliphatic heterocycles. The zero-order chi connectivity index (χ0) is 21.8. The molecule has 0 fully saturated rings. The zero-order valence-corrected chi connectivity index (χ0v) is 17.4. The van der Waals surface area contributed by atoms with E-state index >= 15 is 0 Å². The third-order valence-electron chi connectivity index (χ3n) is 4.03. The monoisotopic (exact) mass is 418 g/mol. The summed E-state index contributed by atoms with van der Waals surface area (Å²) in [6.07, 6.45) is 1.03. The number of hydrogen-bond acceptors (Lipinski definition) is 6. The minimum atomic E-state index is -3.69. The first-order valence-corrected chi connectivity index (χ1v) is 10.5. The first kappa shape index (κ1) is 22.0. The van der Waals surface area contributed by atoms with Gasteiger partial charge in [0.1, 0.15) is 6.54 Å². The summed E-state index contributed by atoms with van der Waals surface area (Å²) in [4.78, 5) is 22.5. The number of non-ortho nitro benzene ring substituents is 1. The Morgan fingerprint density at radius 1 is 1.14 bits per heavy atom. The second kappa shape index (κ2) is 8.82. The van der Waals surface area contributed by atoms with Crippen LogP contribution in [0.15, 0.2) is 47.6 Å². The van der Waals surface area contributed by atoms with Gasteiger partial charge in [0.15, 0.2) is 0 Å². The maximum Gasteiger partial charge on any atom is 0.269 e. The molecule has 29 heavy (non-hydrogen) atoms. The van der Waals surface area contributed by atoms with E-state index in [-0.39, 0.29) is 5.69 Å². The van der Waals surface area contributed by atoms with Crippen molar-refractivity contribution in [3.05, 3.63) is 69.3 Å². The molecule has 9 nitrogen and oxygen atoms in total. The van der Waals surface area contributed by atoms with Gasteiger partial charge in [-0.25, -0.2) is 13.8 Å². The van der Waals surface area contributed by atoms with Gasteiger partial charge in [-0.05, 0) is 61.7 Å². The molecule has 0 saturated heterocycles. The van der Waals surface area contributed by atoms with Gasteiger partial charge in [0.25, 0.3) is 11.6 Å². The van der Waals surface area contributed by atoms with Crippen LogP contribution in [0.5, 0.6) is 0 Å². The Labute approximate surface area is 169 Å². The van der Waals surface area contributed by atoms with Gasteiger partial charge in [0.2, 0.25) is 10.0 Å². The highest BCUT2D eigenvalue weighted by Crippen LogP contribution is 2.21. The molecule has 0 aliphatic carbocycles. The maximum absolute atomic E-state index is 12.3. The molecule has 0 bridgehead atoms. The van der Waals surface area contributed by atoms with Gasteiger partial charge in [0.05, 0.1) is 22.6 Å². The van der Waals surface area contributed by atoms with E-state index in [9.17, 15) is 23.3 Å². The number of hydrazone groups is 1. The zero-order valence-electron chi connectivity index (χ0n) is 16.5. The fraction of sp³-hybridized carbons (Fsp3) is 0.263. The number of hydrogen-bond donors (Lipinski definition) is 1. The Balaban J connectivity index is 2.15. The molecule has 0 aromatic heterocycles. The number of nitrogens with one attached hydrogen (secondary N) is 1. The van der Waals surface area contributed by atoms with Crippen molar-refractivity contribution in [2.75, 3.05) is 17.1 Å². The fourth-order valence-electron chi connectivity index (χ4n) is 2.70. The maximum atomic E-state index is 12.3. The molecule has 1 amide bonds. The van der Waals surface area contributed by atoms with E-state index in [1.807, 2.05) is 19.9 Å². The van der Waals surface area contributed by atoms with Crippen LogP contribution >= 0.6 is 0 Å². The lowest BCUT2D eigenvalue weighted by Crippen LogP contribution is -2.39. The molecule has 0 saturated carbocycles. The topological polar surface area (TPSA) is 122 Å². The van der Waals surface area contributed by atoms with Crippen LogP contribution in [0, 0.1) is 24.0 Å². The van der Waals surface area contributed by atoms with E-state index in [0.717, 1.165) is 21.7 Å². The number of anilines is 1. The van der Waals surface area contributed by atoms with Gasteiger partial charge < -0.3 is 0 Å². The van der Waals surface area contributed by atoms with E-state index in [2.05, 4.69) is 10.5 Å². The molecule has 0 heterocycles. The second-order valence-electron chi connectivity index (χ2n) is 6.65. The summed E-state index contributed by atoms with van der Waals surface area (Å²) in [5.41, 5.74) is 5.44. The SMILES string of the molecule is C/C(=N/NC(=O)CN(c1cc(C)cc(C)c1)S(C)(=O)=O)c1ccc([N+](=O)[O-])cc1. The molecule has 2 aromatic rings. The Bertz CT molecular complexity index is 1040. The molecular weight excluding hydrogens is 396 g/mol. The molecule has 0 atom stereocenters. The van der Waals surface area contributed by atoms with Gasteiger partial charge in [-0.3, -0.25) is 19.2 Å². The highest BCUT2D eigenvalue weighted by Gasteiger charge is 2.21. The number of nitro groups is 1. The molecule has 154 valence electrons. The van der Waals surface area contributed by atoms with Gasteiger partial charge in [-0.2, -0.15) is 5.10 Å². The number of carbonyl (C=O) groups is 1. The summed E-state index contributed by atoms with van der Waals surface area (Å²) in [7, 11) is -3.69. The third kappa shape index (κ3) is 6.11. The minimum Gasteiger partial charge on any atom is -0.271 e. The quantitative estimate of drug-likeness (QED) is 0.421. The molecule has 2 aromatic carbocycles. The molecule has 10 heteroatoms. The first-order chi connectivity index (χ1) is 13.5. The Hall–Kier alpha value is -3.27. The predicted octanol–water partition coefficient (Wildman–Crippen LogP) is 2.52. The smallest absolute Gasteiger partial charge is 0.269 e. The largest absolute Gasteiger partial charge is 0.271 e. The second-order valence-corrected chi connectivity index (χ2v) is 8.56. The summed E-state index contributed by atoms with van der Waals surface area (Å²) >= 11 is 0. The fourth-order valence-corrected chi connectivity index (χ4v) is 3.54. The van der Waals surface area contributed by atoms with Crippen molar-refractivity contribution in [2.45, 2.75) is 20.8 Å². The lowest BCUT2D eigenvalue weighted by Gasteiger charge is -2.22. The number of sulfonamides is 1. The van der Waals surface area contributed by atoms with Crippen molar-refractivity contribution < 1.29 is 18.1 Å². The summed E-state index contributed by atoms with van der Waals surface area (Å²) in [6.45, 7) is 4.88. The average molecular weight is 418 g/mol. The molecule has 1 N–H and O–H groups in total. The van der Waals surface area contributed by atoms with Crippen molar-refractivity contribution in [3.8, 4) is 0 Å². The highest BCUT2D eigenvalue weighted by molar-refractivity contribution is 7.92. The number of amides is 1. The molecule has 0 unspecified atom stereocenters. The molecule has 2 rings (SSSR count). The van der Waals surface area contributed by atoms with Crippen LogP contribution in [-0.4, -0.2) is 37.8 Å². The van der Waals surface area contributed by atoms with Crippen LogP contribution in [0.25, 0.3) is 0 Å². The Morgan fingerprint density at radius 2 is 1.69 bits per heavy atom. The molecule has 0 aliphatic rings. The third-order valence-corrected chi connectivity index (χ3v) is 5.17. The minimum absolute atomic E-state index is 0.0529. The van der Waals surface area contributed by atoms with E-state index in [0.29, 0.717) is 17.0 Å².